The maximum atomic E-state index is 10.4. The zero-order valence-electron chi connectivity index (χ0n) is 9.57. The van der Waals surface area contributed by atoms with E-state index in [-0.39, 0.29) is 0 Å². The summed E-state index contributed by atoms with van der Waals surface area (Å²) in [5.74, 6) is 0. The molecule has 1 aromatic heterocycles. The summed E-state index contributed by atoms with van der Waals surface area (Å²) >= 11 is 6.12. The zero-order valence-corrected chi connectivity index (χ0v) is 10.3. The number of pyridine rings is 1. The Hall–Kier alpha value is -1.70. The molecule has 86 valence electrons. The van der Waals surface area contributed by atoms with Gasteiger partial charge in [0, 0.05) is 10.9 Å². The zero-order chi connectivity index (χ0) is 12.5. The summed E-state index contributed by atoms with van der Waals surface area (Å²) < 4.78 is 0. The Labute approximate surface area is 104 Å². The second-order valence-corrected chi connectivity index (χ2v) is 4.64. The lowest BCUT2D eigenvalue weighted by Crippen LogP contribution is -2.14. The average molecular weight is 247 g/mol. The van der Waals surface area contributed by atoms with Gasteiger partial charge in [0.2, 0.25) is 6.08 Å². The first-order valence-electron chi connectivity index (χ1n) is 5.19. The van der Waals surface area contributed by atoms with Crippen molar-refractivity contribution >= 4 is 28.6 Å². The lowest BCUT2D eigenvalue weighted by Gasteiger charge is -2.19. The largest absolute Gasteiger partial charge is 0.236 e. The van der Waals surface area contributed by atoms with Crippen molar-refractivity contribution in [3.05, 3.63) is 41.0 Å². The van der Waals surface area contributed by atoms with E-state index in [2.05, 4.69) is 9.98 Å². The van der Waals surface area contributed by atoms with Crippen LogP contribution in [-0.4, -0.2) is 11.1 Å². The fraction of sp³-hybridized carbons (Fsp3) is 0.231. The Bertz CT molecular complexity index is 616. The highest BCUT2D eigenvalue weighted by atomic mass is 35.5. The molecule has 0 N–H and O–H groups in total. The Morgan fingerprint density at radius 2 is 2.06 bits per heavy atom. The Morgan fingerprint density at radius 1 is 1.35 bits per heavy atom. The van der Waals surface area contributed by atoms with Gasteiger partial charge in [-0.1, -0.05) is 29.8 Å². The first-order chi connectivity index (χ1) is 8.04. The molecule has 4 heteroatoms. The van der Waals surface area contributed by atoms with Crippen LogP contribution in [0.25, 0.3) is 10.9 Å². The van der Waals surface area contributed by atoms with E-state index in [1.807, 2.05) is 30.3 Å². The summed E-state index contributed by atoms with van der Waals surface area (Å²) in [5.41, 5.74) is 0.837. The first-order valence-corrected chi connectivity index (χ1v) is 5.57. The van der Waals surface area contributed by atoms with Crippen molar-refractivity contribution in [2.24, 2.45) is 4.99 Å². The van der Waals surface area contributed by atoms with Crippen molar-refractivity contribution in [1.82, 2.24) is 4.98 Å². The maximum Gasteiger partial charge on any atom is 0.235 e. The smallest absolute Gasteiger partial charge is 0.235 e. The summed E-state index contributed by atoms with van der Waals surface area (Å²) in [7, 11) is 0. The minimum atomic E-state index is -0.712. The Balaban J connectivity index is 2.70. The van der Waals surface area contributed by atoms with Crippen LogP contribution < -0.4 is 0 Å². The average Bonchev–Trinajstić information content (AvgIpc) is 2.27. The number of aromatic nitrogens is 1. The van der Waals surface area contributed by atoms with Crippen LogP contribution in [-0.2, 0) is 10.3 Å². The maximum absolute atomic E-state index is 10.4. The molecule has 0 radical (unpaired) electrons. The SMILES string of the molecule is CC(C)(N=C=O)c1cc2ccccc2nc1Cl. The second-order valence-electron chi connectivity index (χ2n) is 4.28. The Kier molecular flexibility index (Phi) is 2.97. The molecular formula is C13H11ClN2O. The highest BCUT2D eigenvalue weighted by molar-refractivity contribution is 6.30. The molecule has 3 nitrogen and oxygen atoms in total. The number of hydrogen-bond acceptors (Lipinski definition) is 3. The summed E-state index contributed by atoms with van der Waals surface area (Å²) in [5, 5.41) is 1.34. The predicted molar refractivity (Wildman–Crippen MR) is 67.9 cm³/mol. The van der Waals surface area contributed by atoms with Crippen LogP contribution in [0, 0.1) is 0 Å². The third-order valence-electron chi connectivity index (χ3n) is 2.66. The van der Waals surface area contributed by atoms with E-state index in [0.717, 1.165) is 16.5 Å². The van der Waals surface area contributed by atoms with Gasteiger partial charge in [0.1, 0.15) is 5.15 Å². The molecule has 0 atom stereocenters. The molecule has 0 aliphatic heterocycles. The number of nitrogens with zero attached hydrogens (tertiary/aromatic N) is 2. The van der Waals surface area contributed by atoms with Gasteiger partial charge >= 0.3 is 0 Å². The van der Waals surface area contributed by atoms with E-state index in [4.69, 9.17) is 11.6 Å². The lowest BCUT2D eigenvalue weighted by atomic mass is 9.95. The van der Waals surface area contributed by atoms with Crippen molar-refractivity contribution in [1.29, 1.82) is 0 Å². The molecule has 0 fully saturated rings. The molecule has 0 amide bonds. The van der Waals surface area contributed by atoms with Crippen LogP contribution in [0.2, 0.25) is 5.15 Å². The number of rotatable bonds is 2. The topological polar surface area (TPSA) is 42.3 Å². The van der Waals surface area contributed by atoms with Crippen LogP contribution >= 0.6 is 11.6 Å². The number of halogens is 1. The molecule has 1 heterocycles. The molecule has 2 rings (SSSR count). The van der Waals surface area contributed by atoms with Crippen LogP contribution in [0.1, 0.15) is 19.4 Å². The summed E-state index contributed by atoms with van der Waals surface area (Å²) in [4.78, 5) is 18.5. The van der Waals surface area contributed by atoms with Crippen molar-refractivity contribution in [3.63, 3.8) is 0 Å². The third kappa shape index (κ3) is 2.21. The number of para-hydroxylation sites is 1. The lowest BCUT2D eigenvalue weighted by molar-refractivity contribution is 0.522. The van der Waals surface area contributed by atoms with Crippen molar-refractivity contribution < 1.29 is 4.79 Å². The minimum absolute atomic E-state index is 0.368. The molecule has 0 aliphatic rings. The molecule has 0 saturated heterocycles. The molecule has 0 spiro atoms. The number of hydrogen-bond donors (Lipinski definition) is 0. The fourth-order valence-corrected chi connectivity index (χ4v) is 2.07. The van der Waals surface area contributed by atoms with Gasteiger partial charge in [-0.2, -0.15) is 4.99 Å². The van der Waals surface area contributed by atoms with Crippen molar-refractivity contribution in [3.8, 4) is 0 Å². The third-order valence-corrected chi connectivity index (χ3v) is 2.95. The van der Waals surface area contributed by atoms with Gasteiger partial charge in [0.15, 0.2) is 0 Å². The van der Waals surface area contributed by atoms with Crippen LogP contribution in [0.4, 0.5) is 0 Å². The Morgan fingerprint density at radius 3 is 2.76 bits per heavy atom. The molecular weight excluding hydrogens is 236 g/mol. The standard InChI is InChI=1S/C13H11ClN2O/c1-13(2,15-8-17)10-7-9-5-3-4-6-11(9)16-12(10)14/h3-7H,1-2H3. The number of isocyanates is 1. The molecule has 1 aromatic carbocycles. The van der Waals surface area contributed by atoms with Gasteiger partial charge in [0.25, 0.3) is 0 Å². The normalized spacial score (nSPS) is 11.2. The van der Waals surface area contributed by atoms with E-state index < -0.39 is 5.54 Å². The monoisotopic (exact) mass is 246 g/mol. The van der Waals surface area contributed by atoms with E-state index in [9.17, 15) is 4.79 Å². The quantitative estimate of drug-likeness (QED) is 0.463. The molecule has 0 saturated carbocycles. The fourth-order valence-electron chi connectivity index (χ4n) is 1.70. The van der Waals surface area contributed by atoms with Gasteiger partial charge in [-0.15, -0.1) is 0 Å². The van der Waals surface area contributed by atoms with Gasteiger partial charge in [-0.25, -0.2) is 9.78 Å². The minimum Gasteiger partial charge on any atom is -0.236 e. The van der Waals surface area contributed by atoms with E-state index in [1.54, 1.807) is 19.9 Å². The number of carbonyl (C=O) groups excluding carboxylic acids is 1. The number of aliphatic imine (C=N–C) groups is 1. The second kappa shape index (κ2) is 4.28. The number of fused-ring (bicyclic) bond motifs is 1. The molecule has 0 aliphatic carbocycles. The van der Waals surface area contributed by atoms with Gasteiger partial charge in [0.05, 0.1) is 11.1 Å². The molecule has 2 aromatic rings. The van der Waals surface area contributed by atoms with Crippen LogP contribution in [0.15, 0.2) is 35.3 Å². The van der Waals surface area contributed by atoms with E-state index in [0.29, 0.717) is 5.15 Å². The van der Waals surface area contributed by atoms with Crippen molar-refractivity contribution in [2.75, 3.05) is 0 Å². The summed E-state index contributed by atoms with van der Waals surface area (Å²) in [6.07, 6.45) is 1.57. The molecule has 17 heavy (non-hydrogen) atoms. The highest BCUT2D eigenvalue weighted by Gasteiger charge is 2.23. The predicted octanol–water partition coefficient (Wildman–Crippen LogP) is 3.46. The van der Waals surface area contributed by atoms with Gasteiger partial charge < -0.3 is 0 Å². The number of benzene rings is 1. The van der Waals surface area contributed by atoms with E-state index in [1.165, 1.54) is 0 Å². The van der Waals surface area contributed by atoms with Gasteiger partial charge in [-0.3, -0.25) is 0 Å². The summed E-state index contributed by atoms with van der Waals surface area (Å²) in [6.45, 7) is 3.60. The highest BCUT2D eigenvalue weighted by Crippen LogP contribution is 2.31. The van der Waals surface area contributed by atoms with E-state index >= 15 is 0 Å². The first kappa shape index (κ1) is 11.8. The van der Waals surface area contributed by atoms with Crippen LogP contribution in [0.3, 0.4) is 0 Å². The van der Waals surface area contributed by atoms with Crippen LogP contribution in [0.5, 0.6) is 0 Å². The molecule has 0 bridgehead atoms. The molecule has 0 unspecified atom stereocenters. The van der Waals surface area contributed by atoms with Gasteiger partial charge in [-0.05, 0) is 26.0 Å². The van der Waals surface area contributed by atoms with Crippen molar-refractivity contribution in [2.45, 2.75) is 19.4 Å². The summed E-state index contributed by atoms with van der Waals surface area (Å²) in [6, 6.07) is 9.58.